The van der Waals surface area contributed by atoms with Crippen LogP contribution < -0.4 is 5.32 Å². The van der Waals surface area contributed by atoms with Crippen LogP contribution in [-0.4, -0.2) is 64.5 Å². The highest BCUT2D eigenvalue weighted by Gasteiger charge is 2.52. The van der Waals surface area contributed by atoms with Gasteiger partial charge in [0.2, 0.25) is 11.8 Å². The van der Waals surface area contributed by atoms with E-state index in [4.69, 9.17) is 0 Å². The van der Waals surface area contributed by atoms with Crippen LogP contribution in [0.2, 0.25) is 0 Å². The van der Waals surface area contributed by atoms with E-state index < -0.39 is 12.1 Å². The van der Waals surface area contributed by atoms with Crippen molar-refractivity contribution in [3.8, 4) is 10.4 Å². The third kappa shape index (κ3) is 5.81. The van der Waals surface area contributed by atoms with Crippen molar-refractivity contribution < 1.29 is 19.2 Å². The number of hydrogen-bond acceptors (Lipinski definition) is 5. The Morgan fingerprint density at radius 3 is 2.38 bits per heavy atom. The molecule has 8 heteroatoms. The first kappa shape index (κ1) is 26.8. The minimum atomic E-state index is -0.755. The minimum Gasteiger partial charge on any atom is -0.340 e. The third-order valence-corrected chi connectivity index (χ3v) is 8.41. The summed E-state index contributed by atoms with van der Waals surface area (Å²) in [6, 6.07) is 19.1. The van der Waals surface area contributed by atoms with Crippen LogP contribution in [0, 0.1) is 5.92 Å². The molecule has 2 fully saturated rings. The van der Waals surface area contributed by atoms with E-state index >= 15 is 0 Å². The largest absolute Gasteiger partial charge is 0.340 e. The lowest BCUT2D eigenvalue weighted by molar-refractivity contribution is -0.138. The molecule has 2 aliphatic heterocycles. The maximum atomic E-state index is 13.8. The second kappa shape index (κ2) is 11.5. The second-order valence-electron chi connectivity index (χ2n) is 10.7. The molecule has 2 aliphatic rings. The number of ketones is 1. The Balaban J connectivity index is 1.27. The van der Waals surface area contributed by atoms with Crippen LogP contribution in [0.25, 0.3) is 10.4 Å². The third-order valence-electron chi connectivity index (χ3n) is 7.49. The molecule has 0 radical (unpaired) electrons. The summed E-state index contributed by atoms with van der Waals surface area (Å²) in [5.41, 5.74) is 2.41. The molecule has 202 valence electrons. The molecular weight excluding hydrogens is 510 g/mol. The Kier molecular flexibility index (Phi) is 7.93. The van der Waals surface area contributed by atoms with Gasteiger partial charge in [0.1, 0.15) is 12.1 Å². The van der Waals surface area contributed by atoms with E-state index in [0.29, 0.717) is 24.9 Å². The van der Waals surface area contributed by atoms with Crippen LogP contribution in [0.1, 0.15) is 42.6 Å². The van der Waals surface area contributed by atoms with Gasteiger partial charge in [-0.15, -0.1) is 11.3 Å². The lowest BCUT2D eigenvalue weighted by atomic mass is 10.0. The summed E-state index contributed by atoms with van der Waals surface area (Å²) in [5.74, 6) is -0.645. The number of amides is 3. The fraction of sp³-hybridized carbons (Fsp3) is 0.355. The molecule has 3 aromatic rings. The quantitative estimate of drug-likeness (QED) is 0.462. The van der Waals surface area contributed by atoms with E-state index in [2.05, 4.69) is 5.32 Å². The van der Waals surface area contributed by atoms with Crippen molar-refractivity contribution >= 4 is 34.8 Å². The van der Waals surface area contributed by atoms with Gasteiger partial charge < -0.3 is 15.1 Å². The standard InChI is InChI=1S/C31H33N3O4S/c1-20(2)17-24(32-30(37)23-12-10-22(11-13-23)27-9-6-16-39-27)31(38)33-15-14-25-29(33)26(35)19-34(25)28(36)18-21-7-4-3-5-8-21/h3-13,16,20,24-25,29H,14-15,17-19H2,1-2H3,(H,32,37). The summed E-state index contributed by atoms with van der Waals surface area (Å²) in [6.45, 7) is 4.40. The topological polar surface area (TPSA) is 86.8 Å². The summed E-state index contributed by atoms with van der Waals surface area (Å²) >= 11 is 1.63. The first-order valence-electron chi connectivity index (χ1n) is 13.4. The van der Waals surface area contributed by atoms with Crippen LogP contribution in [0.15, 0.2) is 72.1 Å². The van der Waals surface area contributed by atoms with E-state index in [-0.39, 0.29) is 48.4 Å². The number of likely N-dealkylation sites (tertiary alicyclic amines) is 2. The number of carbonyl (C=O) groups is 4. The average Bonchev–Trinajstić information content (AvgIpc) is 3.68. The zero-order valence-corrected chi connectivity index (χ0v) is 23.0. The van der Waals surface area contributed by atoms with Crippen LogP contribution in [0.4, 0.5) is 0 Å². The molecule has 3 atom stereocenters. The fourth-order valence-corrected chi connectivity index (χ4v) is 6.36. The number of nitrogens with one attached hydrogen (secondary N) is 1. The Bertz CT molecular complexity index is 1340. The summed E-state index contributed by atoms with van der Waals surface area (Å²) in [5, 5.41) is 4.95. The molecule has 0 aliphatic carbocycles. The smallest absolute Gasteiger partial charge is 0.251 e. The van der Waals surface area contributed by atoms with Crippen LogP contribution >= 0.6 is 11.3 Å². The molecule has 3 unspecified atom stereocenters. The Labute approximate surface area is 232 Å². The highest BCUT2D eigenvalue weighted by molar-refractivity contribution is 7.13. The number of rotatable bonds is 8. The van der Waals surface area contributed by atoms with Crippen LogP contribution in [0.5, 0.6) is 0 Å². The highest BCUT2D eigenvalue weighted by atomic mass is 32.1. The van der Waals surface area contributed by atoms with E-state index in [1.54, 1.807) is 33.3 Å². The van der Waals surface area contributed by atoms with Crippen molar-refractivity contribution in [2.24, 2.45) is 5.92 Å². The van der Waals surface area contributed by atoms with E-state index in [1.807, 2.05) is 73.8 Å². The lowest BCUT2D eigenvalue weighted by Crippen LogP contribution is -2.53. The van der Waals surface area contributed by atoms with Crippen molar-refractivity contribution in [2.45, 2.75) is 51.2 Å². The molecule has 3 amide bonds. The SMILES string of the molecule is CC(C)CC(NC(=O)c1ccc(-c2cccs2)cc1)C(=O)N1CCC2C1C(=O)CN2C(=O)Cc1ccccc1. The number of hydrogen-bond donors (Lipinski definition) is 1. The van der Waals surface area contributed by atoms with Crippen LogP contribution in [0.3, 0.4) is 0 Å². The molecule has 2 aromatic carbocycles. The summed E-state index contributed by atoms with van der Waals surface area (Å²) < 4.78 is 0. The maximum absolute atomic E-state index is 13.8. The molecule has 5 rings (SSSR count). The molecule has 1 N–H and O–H groups in total. The normalized spacial score (nSPS) is 19.3. The van der Waals surface area contributed by atoms with Gasteiger partial charge in [0.15, 0.2) is 5.78 Å². The van der Waals surface area contributed by atoms with E-state index in [1.165, 1.54) is 0 Å². The van der Waals surface area contributed by atoms with Gasteiger partial charge in [-0.05, 0) is 53.5 Å². The summed E-state index contributed by atoms with van der Waals surface area (Å²) in [4.78, 5) is 57.4. The number of Topliss-reactive ketones (excluding diaryl/α,β-unsaturated/α-hetero) is 1. The van der Waals surface area contributed by atoms with Crippen molar-refractivity contribution in [1.82, 2.24) is 15.1 Å². The lowest BCUT2D eigenvalue weighted by Gasteiger charge is -2.29. The van der Waals surface area contributed by atoms with Crippen LogP contribution in [-0.2, 0) is 20.8 Å². The molecule has 0 saturated carbocycles. The first-order chi connectivity index (χ1) is 18.8. The maximum Gasteiger partial charge on any atom is 0.251 e. The number of thiophene rings is 1. The Hall–Kier alpha value is -3.78. The molecule has 3 heterocycles. The van der Waals surface area contributed by atoms with Gasteiger partial charge in [0.05, 0.1) is 19.0 Å². The molecule has 7 nitrogen and oxygen atoms in total. The molecule has 0 spiro atoms. The van der Waals surface area contributed by atoms with Gasteiger partial charge in [0, 0.05) is 17.0 Å². The number of benzene rings is 2. The van der Waals surface area contributed by atoms with E-state index in [0.717, 1.165) is 16.0 Å². The average molecular weight is 544 g/mol. The van der Waals surface area contributed by atoms with Gasteiger partial charge in [0.25, 0.3) is 5.91 Å². The summed E-state index contributed by atoms with van der Waals surface area (Å²) in [7, 11) is 0. The predicted octanol–water partition coefficient (Wildman–Crippen LogP) is 4.18. The minimum absolute atomic E-state index is 0.0164. The predicted molar refractivity (Wildman–Crippen MR) is 151 cm³/mol. The van der Waals surface area contributed by atoms with Gasteiger partial charge in [-0.3, -0.25) is 19.2 Å². The fourth-order valence-electron chi connectivity index (χ4n) is 5.63. The number of fused-ring (bicyclic) bond motifs is 1. The monoisotopic (exact) mass is 543 g/mol. The van der Waals surface area contributed by atoms with Crippen molar-refractivity contribution in [1.29, 1.82) is 0 Å². The molecule has 1 aromatic heterocycles. The second-order valence-corrected chi connectivity index (χ2v) is 11.6. The van der Waals surface area contributed by atoms with Crippen molar-refractivity contribution in [3.05, 3.63) is 83.2 Å². The van der Waals surface area contributed by atoms with Gasteiger partial charge in [-0.1, -0.05) is 62.4 Å². The Morgan fingerprint density at radius 2 is 1.72 bits per heavy atom. The summed E-state index contributed by atoms with van der Waals surface area (Å²) in [6.07, 6.45) is 1.23. The van der Waals surface area contributed by atoms with Crippen molar-refractivity contribution in [3.63, 3.8) is 0 Å². The zero-order chi connectivity index (χ0) is 27.5. The molecule has 39 heavy (non-hydrogen) atoms. The van der Waals surface area contributed by atoms with Gasteiger partial charge >= 0.3 is 0 Å². The van der Waals surface area contributed by atoms with Gasteiger partial charge in [-0.2, -0.15) is 0 Å². The molecule has 2 saturated heterocycles. The zero-order valence-electron chi connectivity index (χ0n) is 22.2. The Morgan fingerprint density at radius 1 is 0.974 bits per heavy atom. The molecule has 0 bridgehead atoms. The number of nitrogens with zero attached hydrogens (tertiary/aromatic N) is 2. The van der Waals surface area contributed by atoms with Crippen molar-refractivity contribution in [2.75, 3.05) is 13.1 Å². The highest BCUT2D eigenvalue weighted by Crippen LogP contribution is 2.31. The number of carbonyl (C=O) groups excluding carboxylic acids is 4. The van der Waals surface area contributed by atoms with E-state index in [9.17, 15) is 19.2 Å². The molecular formula is C31H33N3O4S. The first-order valence-corrected chi connectivity index (χ1v) is 14.3. The van der Waals surface area contributed by atoms with Gasteiger partial charge in [-0.25, -0.2) is 0 Å².